The molecule has 0 fully saturated rings. The van der Waals surface area contributed by atoms with E-state index in [4.69, 9.17) is 27.9 Å². The number of benzene rings is 2. The van der Waals surface area contributed by atoms with Crippen molar-refractivity contribution < 1.29 is 14.1 Å². The van der Waals surface area contributed by atoms with Crippen LogP contribution in [-0.4, -0.2) is 44.8 Å². The molecule has 0 spiro atoms. The van der Waals surface area contributed by atoms with Gasteiger partial charge >= 0.3 is 5.16 Å². The van der Waals surface area contributed by atoms with E-state index in [0.717, 1.165) is 0 Å². The van der Waals surface area contributed by atoms with Crippen LogP contribution in [0.5, 0.6) is 5.75 Å². The van der Waals surface area contributed by atoms with Gasteiger partial charge in [0.15, 0.2) is 0 Å². The van der Waals surface area contributed by atoms with E-state index in [2.05, 4.69) is 4.98 Å². The zero-order valence-electron chi connectivity index (χ0n) is 17.3. The van der Waals surface area contributed by atoms with E-state index in [1.807, 2.05) is 0 Å². The minimum atomic E-state index is -1.56. The maximum Gasteiger partial charge on any atom is 0.330 e. The van der Waals surface area contributed by atoms with E-state index in [-0.39, 0.29) is 28.2 Å². The molecule has 0 aliphatic carbocycles. The van der Waals surface area contributed by atoms with Crippen molar-refractivity contribution in [2.24, 2.45) is 0 Å². The maximum atomic E-state index is 13.4. The molecule has 1 unspecified atom stereocenters. The number of hydrogen-bond acceptors (Lipinski definition) is 5. The average Bonchev–Trinajstić information content (AvgIpc) is 2.80. The number of amides is 1. The average molecular weight is 492 g/mol. The predicted octanol–water partition coefficient (Wildman–Crippen LogP) is 3.48. The molecule has 0 radical (unpaired) electrons. The third-order valence-electron chi connectivity index (χ3n) is 5.24. The summed E-state index contributed by atoms with van der Waals surface area (Å²) in [6, 6.07) is 11.7. The Hall–Kier alpha value is -2.52. The van der Waals surface area contributed by atoms with E-state index in [1.165, 1.54) is 24.0 Å². The summed E-state index contributed by atoms with van der Waals surface area (Å²) in [5, 5.41) is 0.749. The Morgan fingerprint density at radius 2 is 1.94 bits per heavy atom. The fraction of sp³-hybridized carbons (Fsp3) is 0.227. The largest absolute Gasteiger partial charge is 0.609 e. The fourth-order valence-corrected chi connectivity index (χ4v) is 4.65. The van der Waals surface area contributed by atoms with Crippen molar-refractivity contribution in [2.75, 3.05) is 19.9 Å². The summed E-state index contributed by atoms with van der Waals surface area (Å²) in [5.41, 5.74) is 1.47. The molecule has 4 rings (SSSR count). The summed E-state index contributed by atoms with van der Waals surface area (Å²) in [6.07, 6.45) is 1.78. The van der Waals surface area contributed by atoms with E-state index < -0.39 is 11.2 Å². The van der Waals surface area contributed by atoms with E-state index in [9.17, 15) is 14.1 Å². The van der Waals surface area contributed by atoms with Gasteiger partial charge in [-0.15, -0.1) is 0 Å². The quantitative estimate of drug-likeness (QED) is 0.411. The molecular formula is C22H19Cl2N3O4S. The highest BCUT2D eigenvalue weighted by atomic mass is 35.5. The van der Waals surface area contributed by atoms with Crippen LogP contribution in [0.15, 0.2) is 52.4 Å². The topological polar surface area (TPSA) is 87.5 Å². The number of halogens is 2. The molecule has 0 N–H and O–H groups in total. The van der Waals surface area contributed by atoms with Crippen molar-refractivity contribution in [3.63, 3.8) is 0 Å². The lowest BCUT2D eigenvalue weighted by Gasteiger charge is -2.29. The molecule has 32 heavy (non-hydrogen) atoms. The lowest BCUT2D eigenvalue weighted by atomic mass is 10.0. The maximum absolute atomic E-state index is 13.4. The van der Waals surface area contributed by atoms with Crippen molar-refractivity contribution in [3.05, 3.63) is 79.7 Å². The van der Waals surface area contributed by atoms with Crippen LogP contribution in [-0.2, 0) is 24.1 Å². The number of nitrogens with zero attached hydrogens (tertiary/aromatic N) is 3. The lowest BCUT2D eigenvalue weighted by molar-refractivity contribution is 0.0730. The van der Waals surface area contributed by atoms with Gasteiger partial charge in [0.1, 0.15) is 12.0 Å². The number of aromatic nitrogens is 2. The van der Waals surface area contributed by atoms with Crippen LogP contribution < -0.4 is 10.3 Å². The minimum absolute atomic E-state index is 0.0992. The molecule has 7 nitrogen and oxygen atoms in total. The Morgan fingerprint density at radius 1 is 1.19 bits per heavy atom. The fourth-order valence-electron chi connectivity index (χ4n) is 3.67. The van der Waals surface area contributed by atoms with Gasteiger partial charge < -0.3 is 14.2 Å². The molecule has 166 valence electrons. The van der Waals surface area contributed by atoms with Gasteiger partial charge in [-0.2, -0.15) is 4.98 Å². The van der Waals surface area contributed by atoms with Crippen LogP contribution in [0.3, 0.4) is 0 Å². The smallest absolute Gasteiger partial charge is 0.330 e. The van der Waals surface area contributed by atoms with Gasteiger partial charge in [-0.25, -0.2) is 4.57 Å². The SMILES string of the molecule is COc1ccccc1-n1c([S+](C)[O-])nc2c(c1=O)CCN(C(=O)c1ccc(Cl)c(Cl)c1)C2. The van der Waals surface area contributed by atoms with Gasteiger partial charge in [0.25, 0.3) is 11.5 Å². The number of hydrogen-bond donors (Lipinski definition) is 0. The summed E-state index contributed by atoms with van der Waals surface area (Å²) < 4.78 is 19.3. The molecule has 1 aliphatic heterocycles. The Balaban J connectivity index is 1.76. The van der Waals surface area contributed by atoms with Crippen molar-refractivity contribution in [1.29, 1.82) is 0 Å². The second kappa shape index (κ2) is 9.15. The minimum Gasteiger partial charge on any atom is -0.609 e. The molecule has 0 saturated heterocycles. The van der Waals surface area contributed by atoms with Crippen molar-refractivity contribution in [3.8, 4) is 11.4 Å². The van der Waals surface area contributed by atoms with Crippen LogP contribution in [0, 0.1) is 0 Å². The molecule has 0 saturated carbocycles. The highest BCUT2D eigenvalue weighted by molar-refractivity contribution is 7.90. The number of carbonyl (C=O) groups excluding carboxylic acids is 1. The molecule has 10 heteroatoms. The number of rotatable bonds is 4. The van der Waals surface area contributed by atoms with Crippen LogP contribution in [0.2, 0.25) is 10.0 Å². The van der Waals surface area contributed by atoms with Gasteiger partial charge in [-0.05, 0) is 36.8 Å². The number of carbonyl (C=O) groups is 1. The molecule has 1 amide bonds. The van der Waals surface area contributed by atoms with Gasteiger partial charge in [0.2, 0.25) is 0 Å². The number of methoxy groups -OCH3 is 1. The normalized spacial score (nSPS) is 14.1. The second-order valence-electron chi connectivity index (χ2n) is 7.19. The molecule has 0 bridgehead atoms. The highest BCUT2D eigenvalue weighted by Gasteiger charge is 2.30. The Morgan fingerprint density at radius 3 is 2.62 bits per heavy atom. The highest BCUT2D eigenvalue weighted by Crippen LogP contribution is 2.27. The van der Waals surface area contributed by atoms with Crippen LogP contribution >= 0.6 is 23.2 Å². The Kier molecular flexibility index (Phi) is 6.48. The first-order chi connectivity index (χ1) is 15.3. The molecular weight excluding hydrogens is 473 g/mol. The summed E-state index contributed by atoms with van der Waals surface area (Å²) in [5.74, 6) is 0.222. The van der Waals surface area contributed by atoms with Gasteiger partial charge in [0.05, 0.1) is 35.1 Å². The first-order valence-corrected chi connectivity index (χ1v) is 12.0. The molecule has 3 aromatic rings. The van der Waals surface area contributed by atoms with Gasteiger partial charge in [-0.3, -0.25) is 9.59 Å². The monoisotopic (exact) mass is 491 g/mol. The van der Waals surface area contributed by atoms with Gasteiger partial charge in [-0.1, -0.05) is 35.3 Å². The summed E-state index contributed by atoms with van der Waals surface area (Å²) >= 11 is 10.4. The number of para-hydroxylation sites is 2. The Labute approximate surface area is 197 Å². The second-order valence-corrected chi connectivity index (χ2v) is 9.28. The third kappa shape index (κ3) is 4.11. The molecule has 1 atom stereocenters. The Bertz CT molecular complexity index is 1260. The predicted molar refractivity (Wildman–Crippen MR) is 124 cm³/mol. The molecule has 2 heterocycles. The number of ether oxygens (including phenoxy) is 1. The molecule has 1 aromatic heterocycles. The first-order valence-electron chi connectivity index (χ1n) is 9.67. The van der Waals surface area contributed by atoms with Crippen molar-refractivity contribution >= 4 is 40.3 Å². The van der Waals surface area contributed by atoms with E-state index >= 15 is 0 Å². The molecule has 1 aliphatic rings. The van der Waals surface area contributed by atoms with Crippen molar-refractivity contribution in [1.82, 2.24) is 14.5 Å². The zero-order valence-corrected chi connectivity index (χ0v) is 19.6. The van der Waals surface area contributed by atoms with Crippen molar-refractivity contribution in [2.45, 2.75) is 18.1 Å². The van der Waals surface area contributed by atoms with E-state index in [0.29, 0.717) is 46.2 Å². The third-order valence-corrected chi connectivity index (χ3v) is 6.77. The summed E-state index contributed by atoms with van der Waals surface area (Å²) in [4.78, 5) is 32.6. The van der Waals surface area contributed by atoms with Crippen LogP contribution in [0.4, 0.5) is 0 Å². The lowest BCUT2D eigenvalue weighted by Crippen LogP contribution is -2.41. The first kappa shape index (κ1) is 22.7. The van der Waals surface area contributed by atoms with Crippen LogP contribution in [0.1, 0.15) is 21.6 Å². The summed E-state index contributed by atoms with van der Waals surface area (Å²) in [7, 11) is 1.50. The zero-order chi connectivity index (χ0) is 23.0. The van der Waals surface area contributed by atoms with Gasteiger partial charge in [0, 0.05) is 28.8 Å². The molecule has 2 aromatic carbocycles. The summed E-state index contributed by atoms with van der Waals surface area (Å²) in [6.45, 7) is 0.462. The number of fused-ring (bicyclic) bond motifs is 1. The van der Waals surface area contributed by atoms with E-state index in [1.54, 1.807) is 41.3 Å². The standard InChI is InChI=1S/C22H19Cl2N3O4S/c1-31-19-6-4-3-5-18(19)27-21(29)14-9-10-26(12-17(14)25-22(27)32(2)30)20(28)13-7-8-15(23)16(24)11-13/h3-8,11H,9-10,12H2,1-2H3. The van der Waals surface area contributed by atoms with Crippen LogP contribution in [0.25, 0.3) is 5.69 Å².